The van der Waals surface area contributed by atoms with Crippen molar-refractivity contribution in [3.05, 3.63) is 22.6 Å². The van der Waals surface area contributed by atoms with Crippen LogP contribution in [0.4, 0.5) is 5.69 Å². The van der Waals surface area contributed by atoms with E-state index < -0.39 is 0 Å². The summed E-state index contributed by atoms with van der Waals surface area (Å²) >= 11 is 0. The Balaban J connectivity index is 2.12. The Bertz CT molecular complexity index is 419. The molecule has 16 heavy (non-hydrogen) atoms. The van der Waals surface area contributed by atoms with Crippen molar-refractivity contribution < 1.29 is 0 Å². The number of H-pyrrole nitrogens is 1. The molecule has 0 spiro atoms. The second kappa shape index (κ2) is 3.92. The summed E-state index contributed by atoms with van der Waals surface area (Å²) in [7, 11) is 0. The lowest BCUT2D eigenvalue weighted by molar-refractivity contribution is 0.263. The molecule has 0 saturated carbocycles. The maximum absolute atomic E-state index is 11.2. The molecule has 1 aromatic rings. The lowest BCUT2D eigenvalue weighted by atomic mass is 9.80. The molecular weight excluding hydrogens is 202 g/mol. The molecule has 4 heteroatoms. The largest absolute Gasteiger partial charge is 0.370 e. The van der Waals surface area contributed by atoms with Gasteiger partial charge in [-0.3, -0.25) is 4.79 Å². The van der Waals surface area contributed by atoms with Gasteiger partial charge in [-0.05, 0) is 17.8 Å². The van der Waals surface area contributed by atoms with Crippen LogP contribution < -0.4 is 10.5 Å². The highest BCUT2D eigenvalue weighted by atomic mass is 16.1. The summed E-state index contributed by atoms with van der Waals surface area (Å²) in [6.45, 7) is 8.87. The van der Waals surface area contributed by atoms with Gasteiger partial charge in [0, 0.05) is 19.2 Å². The smallest absolute Gasteiger partial charge is 0.266 e. The number of rotatable bonds is 1. The van der Waals surface area contributed by atoms with E-state index in [0.29, 0.717) is 11.3 Å². The van der Waals surface area contributed by atoms with Crippen LogP contribution in [0.2, 0.25) is 0 Å². The fourth-order valence-electron chi connectivity index (χ4n) is 2.24. The van der Waals surface area contributed by atoms with Gasteiger partial charge in [0.25, 0.3) is 5.56 Å². The zero-order valence-electron chi connectivity index (χ0n) is 10.2. The second-order valence-electron chi connectivity index (χ2n) is 5.60. The van der Waals surface area contributed by atoms with Crippen molar-refractivity contribution in [3.8, 4) is 0 Å². The molecule has 88 valence electrons. The first kappa shape index (κ1) is 11.2. The molecule has 2 heterocycles. The van der Waals surface area contributed by atoms with E-state index in [0.717, 1.165) is 18.8 Å². The van der Waals surface area contributed by atoms with E-state index in [4.69, 9.17) is 0 Å². The highest BCUT2D eigenvalue weighted by molar-refractivity contribution is 5.43. The lowest BCUT2D eigenvalue weighted by Crippen LogP contribution is -2.26. The monoisotopic (exact) mass is 221 g/mol. The van der Waals surface area contributed by atoms with Crippen molar-refractivity contribution in [1.82, 2.24) is 10.2 Å². The van der Waals surface area contributed by atoms with Crippen molar-refractivity contribution in [2.45, 2.75) is 27.2 Å². The molecule has 0 aliphatic carbocycles. The molecule has 0 amide bonds. The minimum absolute atomic E-state index is 0.128. The SMILES string of the molecule is CC(C)(C)C1CCN(c2cn[nH]c(=O)c2)C1. The summed E-state index contributed by atoms with van der Waals surface area (Å²) in [5.41, 5.74) is 1.15. The van der Waals surface area contributed by atoms with E-state index in [1.165, 1.54) is 6.42 Å². The fraction of sp³-hybridized carbons (Fsp3) is 0.667. The van der Waals surface area contributed by atoms with Gasteiger partial charge in [0.2, 0.25) is 0 Å². The predicted octanol–water partition coefficient (Wildman–Crippen LogP) is 1.64. The quantitative estimate of drug-likeness (QED) is 0.784. The molecule has 0 aromatic carbocycles. The predicted molar refractivity (Wildman–Crippen MR) is 64.6 cm³/mol. The van der Waals surface area contributed by atoms with Crippen molar-refractivity contribution in [1.29, 1.82) is 0 Å². The summed E-state index contributed by atoms with van der Waals surface area (Å²) in [4.78, 5) is 13.4. The van der Waals surface area contributed by atoms with Crippen LogP contribution in [0, 0.1) is 11.3 Å². The van der Waals surface area contributed by atoms with E-state index in [-0.39, 0.29) is 5.56 Å². The number of anilines is 1. The molecule has 1 saturated heterocycles. The summed E-state index contributed by atoms with van der Waals surface area (Å²) in [6.07, 6.45) is 2.92. The fourth-order valence-corrected chi connectivity index (χ4v) is 2.24. The van der Waals surface area contributed by atoms with Gasteiger partial charge < -0.3 is 4.90 Å². The average molecular weight is 221 g/mol. The van der Waals surface area contributed by atoms with Gasteiger partial charge in [0.1, 0.15) is 0 Å². The Morgan fingerprint density at radius 3 is 2.81 bits per heavy atom. The molecule has 4 nitrogen and oxygen atoms in total. The zero-order chi connectivity index (χ0) is 11.8. The third-order valence-electron chi connectivity index (χ3n) is 3.43. The van der Waals surface area contributed by atoms with Crippen LogP contribution in [0.15, 0.2) is 17.1 Å². The molecule has 0 bridgehead atoms. The van der Waals surface area contributed by atoms with Crippen LogP contribution in [0.1, 0.15) is 27.2 Å². The molecule has 1 atom stereocenters. The van der Waals surface area contributed by atoms with Gasteiger partial charge >= 0.3 is 0 Å². The van der Waals surface area contributed by atoms with Gasteiger partial charge in [0.05, 0.1) is 11.9 Å². The minimum Gasteiger partial charge on any atom is -0.370 e. The first-order valence-electron chi connectivity index (χ1n) is 5.76. The van der Waals surface area contributed by atoms with Crippen LogP contribution in [0.3, 0.4) is 0 Å². The van der Waals surface area contributed by atoms with Crippen molar-refractivity contribution in [2.24, 2.45) is 11.3 Å². The summed E-state index contributed by atoms with van der Waals surface area (Å²) in [6, 6.07) is 1.62. The Labute approximate surface area is 95.7 Å². The van der Waals surface area contributed by atoms with Crippen molar-refractivity contribution in [3.63, 3.8) is 0 Å². The van der Waals surface area contributed by atoms with Crippen LogP contribution >= 0.6 is 0 Å². The molecule has 1 aliphatic heterocycles. The highest BCUT2D eigenvalue weighted by Gasteiger charge is 2.31. The number of aromatic nitrogens is 2. The van der Waals surface area contributed by atoms with E-state index in [2.05, 4.69) is 35.9 Å². The van der Waals surface area contributed by atoms with Gasteiger partial charge in [-0.1, -0.05) is 20.8 Å². The topological polar surface area (TPSA) is 49.0 Å². The number of nitrogens with zero attached hydrogens (tertiary/aromatic N) is 2. The molecule has 1 aromatic heterocycles. The van der Waals surface area contributed by atoms with E-state index in [1.807, 2.05) is 0 Å². The number of hydrogen-bond acceptors (Lipinski definition) is 3. The highest BCUT2D eigenvalue weighted by Crippen LogP contribution is 2.34. The van der Waals surface area contributed by atoms with Crippen LogP contribution in [0.25, 0.3) is 0 Å². The van der Waals surface area contributed by atoms with Gasteiger partial charge in [-0.25, -0.2) is 5.10 Å². The third kappa shape index (κ3) is 2.26. The minimum atomic E-state index is -0.128. The molecule has 0 radical (unpaired) electrons. The molecule has 1 N–H and O–H groups in total. The average Bonchev–Trinajstić information content (AvgIpc) is 2.65. The van der Waals surface area contributed by atoms with Crippen LogP contribution in [-0.2, 0) is 0 Å². The first-order chi connectivity index (χ1) is 7.47. The summed E-state index contributed by atoms with van der Waals surface area (Å²) < 4.78 is 0. The third-order valence-corrected chi connectivity index (χ3v) is 3.43. The molecule has 2 rings (SSSR count). The Morgan fingerprint density at radius 1 is 1.50 bits per heavy atom. The standard InChI is InChI=1S/C12H19N3O/c1-12(2,3)9-4-5-15(8-9)10-6-11(16)14-13-7-10/h6-7,9H,4-5,8H2,1-3H3,(H,14,16). The maximum Gasteiger partial charge on any atom is 0.266 e. The van der Waals surface area contributed by atoms with Crippen molar-refractivity contribution >= 4 is 5.69 Å². The molecule has 1 unspecified atom stereocenters. The van der Waals surface area contributed by atoms with Gasteiger partial charge in [-0.15, -0.1) is 0 Å². The zero-order valence-corrected chi connectivity index (χ0v) is 10.2. The molecule has 1 fully saturated rings. The number of hydrogen-bond donors (Lipinski definition) is 1. The van der Waals surface area contributed by atoms with E-state index >= 15 is 0 Å². The normalized spacial score (nSPS) is 21.4. The Morgan fingerprint density at radius 2 is 2.25 bits per heavy atom. The Kier molecular flexibility index (Phi) is 2.74. The number of nitrogens with one attached hydrogen (secondary N) is 1. The molecular formula is C12H19N3O. The molecule has 1 aliphatic rings. The first-order valence-corrected chi connectivity index (χ1v) is 5.76. The second-order valence-corrected chi connectivity index (χ2v) is 5.60. The van der Waals surface area contributed by atoms with Gasteiger partial charge in [0.15, 0.2) is 0 Å². The lowest BCUT2D eigenvalue weighted by Gasteiger charge is -2.27. The van der Waals surface area contributed by atoms with Crippen molar-refractivity contribution in [2.75, 3.05) is 18.0 Å². The van der Waals surface area contributed by atoms with E-state index in [9.17, 15) is 4.79 Å². The van der Waals surface area contributed by atoms with Crippen LogP contribution in [0.5, 0.6) is 0 Å². The number of aromatic amines is 1. The van der Waals surface area contributed by atoms with Gasteiger partial charge in [-0.2, -0.15) is 5.10 Å². The Hall–Kier alpha value is -1.32. The van der Waals surface area contributed by atoms with Crippen LogP contribution in [-0.4, -0.2) is 23.3 Å². The summed E-state index contributed by atoms with van der Waals surface area (Å²) in [5.74, 6) is 0.687. The summed E-state index contributed by atoms with van der Waals surface area (Å²) in [5, 5.41) is 6.24. The van der Waals surface area contributed by atoms with E-state index in [1.54, 1.807) is 12.3 Å². The maximum atomic E-state index is 11.2.